The van der Waals surface area contributed by atoms with E-state index in [1.54, 1.807) is 36.4 Å². The van der Waals surface area contributed by atoms with Crippen LogP contribution in [0.1, 0.15) is 5.56 Å². The number of carbonyl (C=O) groups excluding carboxylic acids is 3. The van der Waals surface area contributed by atoms with Crippen LogP contribution in [-0.4, -0.2) is 47.8 Å². The number of benzene rings is 2. The van der Waals surface area contributed by atoms with E-state index in [4.69, 9.17) is 9.47 Å². The summed E-state index contributed by atoms with van der Waals surface area (Å²) in [6.45, 7) is -0.427. The van der Waals surface area contributed by atoms with Gasteiger partial charge in [0.1, 0.15) is 12.3 Å². The van der Waals surface area contributed by atoms with Crippen molar-refractivity contribution in [1.82, 2.24) is 4.90 Å². The van der Waals surface area contributed by atoms with E-state index in [1.807, 2.05) is 0 Å². The number of methoxy groups -OCH3 is 2. The number of amides is 3. The van der Waals surface area contributed by atoms with Crippen molar-refractivity contribution < 1.29 is 29.0 Å². The molecule has 0 saturated carbocycles. The van der Waals surface area contributed by atoms with Gasteiger partial charge in [-0.25, -0.2) is 0 Å². The minimum Gasteiger partial charge on any atom is -0.508 e. The van der Waals surface area contributed by atoms with Crippen molar-refractivity contribution in [2.24, 2.45) is 0 Å². The fraction of sp³-hybridized carbons (Fsp3) is 0.150. The van der Waals surface area contributed by atoms with Gasteiger partial charge < -0.3 is 19.9 Å². The smallest absolute Gasteiger partial charge is 0.294 e. The van der Waals surface area contributed by atoms with Crippen LogP contribution in [0.4, 0.5) is 10.5 Å². The molecule has 0 aliphatic carbocycles. The Labute approximate surface area is 171 Å². The maximum atomic E-state index is 12.6. The van der Waals surface area contributed by atoms with E-state index in [0.29, 0.717) is 22.7 Å². The van der Waals surface area contributed by atoms with E-state index in [2.05, 4.69) is 5.32 Å². The van der Waals surface area contributed by atoms with Gasteiger partial charge in [-0.1, -0.05) is 12.1 Å². The van der Waals surface area contributed by atoms with Crippen LogP contribution in [0.25, 0.3) is 6.08 Å². The van der Waals surface area contributed by atoms with Crippen LogP contribution in [0.15, 0.2) is 47.4 Å². The van der Waals surface area contributed by atoms with Gasteiger partial charge in [0.25, 0.3) is 11.1 Å². The van der Waals surface area contributed by atoms with E-state index in [1.165, 1.54) is 26.4 Å². The predicted molar refractivity (Wildman–Crippen MR) is 109 cm³/mol. The number of thioether (sulfide) groups is 1. The molecule has 29 heavy (non-hydrogen) atoms. The molecular weight excluding hydrogens is 396 g/mol. The first-order chi connectivity index (χ1) is 13.9. The second-order valence-electron chi connectivity index (χ2n) is 5.98. The number of phenols is 1. The van der Waals surface area contributed by atoms with Gasteiger partial charge in [0.2, 0.25) is 5.91 Å². The summed E-state index contributed by atoms with van der Waals surface area (Å²) in [5.74, 6) is -0.0784. The minimum atomic E-state index is -0.555. The number of ether oxygens (including phenoxy) is 2. The maximum absolute atomic E-state index is 12.6. The van der Waals surface area contributed by atoms with Crippen molar-refractivity contribution in [3.8, 4) is 17.2 Å². The molecule has 1 saturated heterocycles. The normalized spacial score (nSPS) is 15.0. The number of hydrogen-bond acceptors (Lipinski definition) is 7. The highest BCUT2D eigenvalue weighted by molar-refractivity contribution is 8.18. The fourth-order valence-corrected chi connectivity index (χ4v) is 3.50. The average Bonchev–Trinajstić information content (AvgIpc) is 2.95. The highest BCUT2D eigenvalue weighted by Crippen LogP contribution is 2.34. The molecule has 2 aromatic rings. The molecule has 2 N–H and O–H groups in total. The Morgan fingerprint density at radius 1 is 1.14 bits per heavy atom. The van der Waals surface area contributed by atoms with Crippen molar-refractivity contribution in [1.29, 1.82) is 0 Å². The van der Waals surface area contributed by atoms with Crippen LogP contribution in [0.3, 0.4) is 0 Å². The van der Waals surface area contributed by atoms with Crippen molar-refractivity contribution in [2.45, 2.75) is 0 Å². The number of phenolic OH excluding ortho intramolecular Hbond substituents is 1. The lowest BCUT2D eigenvalue weighted by Crippen LogP contribution is -2.36. The summed E-state index contributed by atoms with van der Waals surface area (Å²) >= 11 is 0.757. The van der Waals surface area contributed by atoms with Gasteiger partial charge in [-0.05, 0) is 47.7 Å². The molecule has 0 radical (unpaired) electrons. The number of imide groups is 1. The molecule has 0 unspecified atom stereocenters. The summed E-state index contributed by atoms with van der Waals surface area (Å²) in [6, 6.07) is 11.1. The van der Waals surface area contributed by atoms with E-state index in [0.717, 1.165) is 16.7 Å². The molecule has 1 heterocycles. The van der Waals surface area contributed by atoms with Crippen LogP contribution in [-0.2, 0) is 9.59 Å². The standard InChI is InChI=1S/C20H18N2O6S/c1-27-15-7-6-12(8-16(15)28-2)9-17-19(25)22(20(26)29-17)11-18(24)21-13-4-3-5-14(23)10-13/h3-10,23H,11H2,1-2H3,(H,21,24)/b17-9-. The first-order valence-electron chi connectivity index (χ1n) is 8.47. The predicted octanol–water partition coefficient (Wildman–Crippen LogP) is 3.08. The number of hydrogen-bond donors (Lipinski definition) is 2. The molecule has 0 aromatic heterocycles. The quantitative estimate of drug-likeness (QED) is 0.700. The lowest BCUT2D eigenvalue weighted by Gasteiger charge is -2.12. The molecule has 1 aliphatic rings. The summed E-state index contributed by atoms with van der Waals surface area (Å²) in [6.07, 6.45) is 1.56. The Hall–Kier alpha value is -3.46. The third kappa shape index (κ3) is 4.69. The first-order valence-corrected chi connectivity index (χ1v) is 9.29. The third-order valence-electron chi connectivity index (χ3n) is 4.01. The molecule has 1 aliphatic heterocycles. The lowest BCUT2D eigenvalue weighted by molar-refractivity contribution is -0.127. The first kappa shape index (κ1) is 20.3. The van der Waals surface area contributed by atoms with E-state index in [-0.39, 0.29) is 10.7 Å². The topological polar surface area (TPSA) is 105 Å². The zero-order valence-corrected chi connectivity index (χ0v) is 16.5. The second kappa shape index (κ2) is 8.70. The number of aromatic hydroxyl groups is 1. The molecule has 150 valence electrons. The zero-order chi connectivity index (χ0) is 21.0. The SMILES string of the molecule is COc1ccc(/C=C2\SC(=O)N(CC(=O)Nc3cccc(O)c3)C2=O)cc1OC. The molecule has 3 amide bonds. The summed E-state index contributed by atoms with van der Waals surface area (Å²) in [5, 5.41) is 11.4. The monoisotopic (exact) mass is 414 g/mol. The number of nitrogens with one attached hydrogen (secondary N) is 1. The van der Waals surface area contributed by atoms with Crippen molar-refractivity contribution in [2.75, 3.05) is 26.1 Å². The van der Waals surface area contributed by atoms with Crippen LogP contribution in [0.2, 0.25) is 0 Å². The summed E-state index contributed by atoms with van der Waals surface area (Å²) in [7, 11) is 3.02. The number of nitrogens with zero attached hydrogens (tertiary/aromatic N) is 1. The molecule has 0 spiro atoms. The zero-order valence-electron chi connectivity index (χ0n) is 15.7. The Bertz CT molecular complexity index is 1000. The Kier molecular flexibility index (Phi) is 6.08. The highest BCUT2D eigenvalue weighted by Gasteiger charge is 2.36. The van der Waals surface area contributed by atoms with Crippen LogP contribution in [0, 0.1) is 0 Å². The van der Waals surface area contributed by atoms with E-state index in [9.17, 15) is 19.5 Å². The van der Waals surface area contributed by atoms with Gasteiger partial charge in [-0.15, -0.1) is 0 Å². The molecular formula is C20H18N2O6S. The Morgan fingerprint density at radius 3 is 2.59 bits per heavy atom. The molecule has 0 bridgehead atoms. The lowest BCUT2D eigenvalue weighted by atomic mass is 10.2. The molecule has 9 heteroatoms. The molecule has 1 fully saturated rings. The molecule has 8 nitrogen and oxygen atoms in total. The highest BCUT2D eigenvalue weighted by atomic mass is 32.2. The summed E-state index contributed by atoms with van der Waals surface area (Å²) in [4.78, 5) is 38.1. The summed E-state index contributed by atoms with van der Waals surface area (Å²) < 4.78 is 10.4. The maximum Gasteiger partial charge on any atom is 0.294 e. The largest absolute Gasteiger partial charge is 0.508 e. The number of anilines is 1. The Morgan fingerprint density at radius 2 is 1.90 bits per heavy atom. The second-order valence-corrected chi connectivity index (χ2v) is 6.97. The van der Waals surface area contributed by atoms with Crippen molar-refractivity contribution in [3.63, 3.8) is 0 Å². The van der Waals surface area contributed by atoms with Gasteiger partial charge in [-0.2, -0.15) is 0 Å². The van der Waals surface area contributed by atoms with Crippen molar-refractivity contribution in [3.05, 3.63) is 52.9 Å². The van der Waals surface area contributed by atoms with Crippen LogP contribution in [0.5, 0.6) is 17.2 Å². The third-order valence-corrected chi connectivity index (χ3v) is 4.92. The summed E-state index contributed by atoms with van der Waals surface area (Å²) in [5.41, 5.74) is 1.01. The number of rotatable bonds is 6. The van der Waals surface area contributed by atoms with Crippen LogP contribution >= 0.6 is 11.8 Å². The van der Waals surface area contributed by atoms with E-state index < -0.39 is 23.6 Å². The molecule has 0 atom stereocenters. The van der Waals surface area contributed by atoms with Gasteiger partial charge >= 0.3 is 0 Å². The van der Waals surface area contributed by atoms with Gasteiger partial charge in [0, 0.05) is 11.8 Å². The molecule has 2 aromatic carbocycles. The van der Waals surface area contributed by atoms with Gasteiger partial charge in [-0.3, -0.25) is 19.3 Å². The number of carbonyl (C=O) groups is 3. The van der Waals surface area contributed by atoms with Gasteiger partial charge in [0.15, 0.2) is 11.5 Å². The van der Waals surface area contributed by atoms with Gasteiger partial charge in [0.05, 0.1) is 19.1 Å². The van der Waals surface area contributed by atoms with Crippen LogP contribution < -0.4 is 14.8 Å². The average molecular weight is 414 g/mol. The minimum absolute atomic E-state index is 0.00757. The Balaban J connectivity index is 1.72. The van der Waals surface area contributed by atoms with E-state index >= 15 is 0 Å². The van der Waals surface area contributed by atoms with Crippen molar-refractivity contribution >= 4 is 40.6 Å². The molecule has 3 rings (SSSR count). The fourth-order valence-electron chi connectivity index (χ4n) is 2.66.